The number of para-hydroxylation sites is 1. The van der Waals surface area contributed by atoms with Gasteiger partial charge in [-0.25, -0.2) is 0 Å². The number of nitrogens with zero attached hydrogens (tertiary/aromatic N) is 2. The van der Waals surface area contributed by atoms with Crippen LogP contribution in [0, 0.1) is 6.92 Å². The molecule has 21 heavy (non-hydrogen) atoms. The van der Waals surface area contributed by atoms with Crippen LogP contribution in [0.15, 0.2) is 24.3 Å². The summed E-state index contributed by atoms with van der Waals surface area (Å²) in [6.45, 7) is 4.45. The Morgan fingerprint density at radius 1 is 1.29 bits per heavy atom. The molecule has 0 bridgehead atoms. The molecule has 2 aromatic rings. The minimum atomic E-state index is -4.39. The van der Waals surface area contributed by atoms with Crippen LogP contribution in [0.3, 0.4) is 0 Å². The second kappa shape index (κ2) is 5.97. The molecule has 0 spiro atoms. The number of halogens is 4. The van der Waals surface area contributed by atoms with E-state index in [1.54, 1.807) is 17.7 Å². The van der Waals surface area contributed by atoms with Gasteiger partial charge in [-0.1, -0.05) is 23.7 Å². The fourth-order valence-electron chi connectivity index (χ4n) is 2.10. The van der Waals surface area contributed by atoms with E-state index in [-0.39, 0.29) is 12.2 Å². The smallest absolute Gasteiger partial charge is 0.379 e. The number of hydrogen-bond acceptors (Lipinski definition) is 2. The van der Waals surface area contributed by atoms with Crippen LogP contribution < -0.4 is 5.32 Å². The Labute approximate surface area is 125 Å². The molecule has 1 N–H and O–H groups in total. The quantitative estimate of drug-likeness (QED) is 0.900. The second-order valence-electron chi connectivity index (χ2n) is 4.56. The molecule has 0 radical (unpaired) electrons. The number of benzene rings is 1. The second-order valence-corrected chi connectivity index (χ2v) is 4.94. The number of rotatable bonds is 4. The molecule has 1 aromatic heterocycles. The van der Waals surface area contributed by atoms with E-state index in [0.29, 0.717) is 23.0 Å². The number of anilines is 1. The zero-order chi connectivity index (χ0) is 15.6. The van der Waals surface area contributed by atoms with Crippen molar-refractivity contribution in [3.05, 3.63) is 46.2 Å². The van der Waals surface area contributed by atoms with E-state index in [1.807, 2.05) is 6.92 Å². The molecule has 0 saturated heterocycles. The average molecular weight is 318 g/mol. The molecule has 2 rings (SSSR count). The zero-order valence-electron chi connectivity index (χ0n) is 11.6. The highest BCUT2D eigenvalue weighted by molar-refractivity contribution is 6.31. The molecule has 114 valence electrons. The van der Waals surface area contributed by atoms with Gasteiger partial charge in [0.25, 0.3) is 0 Å². The van der Waals surface area contributed by atoms with E-state index >= 15 is 0 Å². The van der Waals surface area contributed by atoms with Crippen molar-refractivity contribution >= 4 is 17.3 Å². The fourth-order valence-corrected chi connectivity index (χ4v) is 2.30. The van der Waals surface area contributed by atoms with Crippen molar-refractivity contribution in [2.24, 2.45) is 0 Å². The molecular weight excluding hydrogens is 303 g/mol. The summed E-state index contributed by atoms with van der Waals surface area (Å²) in [5.74, 6) is 0. The third-order valence-corrected chi connectivity index (χ3v) is 3.62. The lowest BCUT2D eigenvalue weighted by Crippen LogP contribution is -2.13. The first-order chi connectivity index (χ1) is 9.84. The van der Waals surface area contributed by atoms with Crippen LogP contribution in [0.25, 0.3) is 0 Å². The van der Waals surface area contributed by atoms with Crippen molar-refractivity contribution in [1.29, 1.82) is 0 Å². The molecule has 0 unspecified atom stereocenters. The number of hydrogen-bond donors (Lipinski definition) is 1. The third-order valence-electron chi connectivity index (χ3n) is 3.13. The maximum Gasteiger partial charge on any atom is 0.418 e. The Morgan fingerprint density at radius 3 is 2.57 bits per heavy atom. The highest BCUT2D eigenvalue weighted by atomic mass is 35.5. The fraction of sp³-hybridized carbons (Fsp3) is 0.357. The first-order valence-electron chi connectivity index (χ1n) is 6.46. The first-order valence-corrected chi connectivity index (χ1v) is 6.84. The zero-order valence-corrected chi connectivity index (χ0v) is 12.4. The molecule has 0 atom stereocenters. The van der Waals surface area contributed by atoms with Crippen molar-refractivity contribution in [2.45, 2.75) is 33.1 Å². The maximum atomic E-state index is 12.9. The molecule has 1 heterocycles. The number of nitrogens with one attached hydrogen (secondary N) is 1. The van der Waals surface area contributed by atoms with Crippen molar-refractivity contribution in [3.63, 3.8) is 0 Å². The summed E-state index contributed by atoms with van der Waals surface area (Å²) in [5.41, 5.74) is 0.677. The minimum absolute atomic E-state index is 0.0302. The Bertz CT molecular complexity index is 635. The summed E-state index contributed by atoms with van der Waals surface area (Å²) in [4.78, 5) is 0. The molecule has 0 saturated carbocycles. The predicted molar refractivity (Wildman–Crippen MR) is 76.4 cm³/mol. The standard InChI is InChI=1S/C14H15ClF3N3/c1-3-21-12(13(15)9(2)20-21)8-19-11-7-5-4-6-10(11)14(16,17)18/h4-7,19H,3,8H2,1-2H3. The molecule has 3 nitrogen and oxygen atoms in total. The summed E-state index contributed by atoms with van der Waals surface area (Å²) >= 11 is 6.14. The summed E-state index contributed by atoms with van der Waals surface area (Å²) < 4.78 is 40.4. The molecule has 7 heteroatoms. The Kier molecular flexibility index (Phi) is 4.46. The molecule has 0 amide bonds. The van der Waals surface area contributed by atoms with Gasteiger partial charge in [0.05, 0.1) is 28.5 Å². The number of aromatic nitrogens is 2. The van der Waals surface area contributed by atoms with Crippen LogP contribution in [-0.4, -0.2) is 9.78 Å². The topological polar surface area (TPSA) is 29.9 Å². The lowest BCUT2D eigenvalue weighted by molar-refractivity contribution is -0.136. The van der Waals surface area contributed by atoms with Gasteiger partial charge in [-0.15, -0.1) is 0 Å². The van der Waals surface area contributed by atoms with Gasteiger partial charge in [-0.2, -0.15) is 18.3 Å². The van der Waals surface area contributed by atoms with Gasteiger partial charge in [0.1, 0.15) is 0 Å². The summed E-state index contributed by atoms with van der Waals surface area (Å²) in [7, 11) is 0. The van der Waals surface area contributed by atoms with Gasteiger partial charge >= 0.3 is 6.18 Å². The van der Waals surface area contributed by atoms with E-state index in [0.717, 1.165) is 6.07 Å². The summed E-state index contributed by atoms with van der Waals surface area (Å²) in [5, 5.41) is 7.51. The van der Waals surface area contributed by atoms with Crippen LogP contribution in [0.4, 0.5) is 18.9 Å². The van der Waals surface area contributed by atoms with Gasteiger partial charge < -0.3 is 5.32 Å². The van der Waals surface area contributed by atoms with Crippen LogP contribution in [0.5, 0.6) is 0 Å². The molecule has 0 fully saturated rings. The Balaban J connectivity index is 2.26. The van der Waals surface area contributed by atoms with E-state index < -0.39 is 11.7 Å². The third kappa shape index (κ3) is 3.32. The van der Waals surface area contributed by atoms with Gasteiger partial charge in [0, 0.05) is 12.2 Å². The molecule has 0 aliphatic rings. The first kappa shape index (κ1) is 15.7. The molecule has 1 aromatic carbocycles. The van der Waals surface area contributed by atoms with Gasteiger partial charge in [-0.05, 0) is 26.0 Å². The average Bonchev–Trinajstić information content (AvgIpc) is 2.71. The van der Waals surface area contributed by atoms with Gasteiger partial charge in [0.2, 0.25) is 0 Å². The highest BCUT2D eigenvalue weighted by Gasteiger charge is 2.33. The number of alkyl halides is 3. The van der Waals surface area contributed by atoms with Crippen LogP contribution in [0.1, 0.15) is 23.9 Å². The van der Waals surface area contributed by atoms with Crippen molar-refractivity contribution in [2.75, 3.05) is 5.32 Å². The minimum Gasteiger partial charge on any atom is -0.379 e. The van der Waals surface area contributed by atoms with Crippen molar-refractivity contribution in [3.8, 4) is 0 Å². The maximum absolute atomic E-state index is 12.9. The SMILES string of the molecule is CCn1nc(C)c(Cl)c1CNc1ccccc1C(F)(F)F. The summed E-state index contributed by atoms with van der Waals surface area (Å²) in [6, 6.07) is 5.37. The van der Waals surface area contributed by atoms with Crippen LogP contribution >= 0.6 is 11.6 Å². The monoisotopic (exact) mass is 317 g/mol. The van der Waals surface area contributed by atoms with Gasteiger partial charge in [-0.3, -0.25) is 4.68 Å². The molecular formula is C14H15ClF3N3. The van der Waals surface area contributed by atoms with E-state index in [1.165, 1.54) is 12.1 Å². The molecule has 0 aliphatic heterocycles. The predicted octanol–water partition coefficient (Wildman–Crippen LogP) is 4.50. The van der Waals surface area contributed by atoms with Crippen LogP contribution in [0.2, 0.25) is 5.02 Å². The lowest BCUT2D eigenvalue weighted by Gasteiger charge is -2.15. The van der Waals surface area contributed by atoms with E-state index in [4.69, 9.17) is 11.6 Å². The van der Waals surface area contributed by atoms with E-state index in [9.17, 15) is 13.2 Å². The van der Waals surface area contributed by atoms with E-state index in [2.05, 4.69) is 10.4 Å². The number of aryl methyl sites for hydroxylation is 2. The van der Waals surface area contributed by atoms with Gasteiger partial charge in [0.15, 0.2) is 0 Å². The Morgan fingerprint density at radius 2 is 1.95 bits per heavy atom. The lowest BCUT2D eigenvalue weighted by atomic mass is 10.1. The highest BCUT2D eigenvalue weighted by Crippen LogP contribution is 2.35. The Hall–Kier alpha value is -1.69. The molecule has 0 aliphatic carbocycles. The van der Waals surface area contributed by atoms with Crippen LogP contribution in [-0.2, 0) is 19.3 Å². The summed E-state index contributed by atoms with van der Waals surface area (Å²) in [6.07, 6.45) is -4.39. The van der Waals surface area contributed by atoms with Crippen molar-refractivity contribution in [1.82, 2.24) is 9.78 Å². The normalized spacial score (nSPS) is 11.7. The largest absolute Gasteiger partial charge is 0.418 e. The van der Waals surface area contributed by atoms with Crippen molar-refractivity contribution < 1.29 is 13.2 Å².